The van der Waals surface area contributed by atoms with Gasteiger partial charge in [-0.25, -0.2) is 0 Å². The molecule has 1 amide bonds. The normalized spacial score (nSPS) is 17.6. The summed E-state index contributed by atoms with van der Waals surface area (Å²) in [5.74, 6) is 2.30. The topological polar surface area (TPSA) is 69.0 Å². The van der Waals surface area contributed by atoms with Crippen LogP contribution in [0, 0.1) is 5.92 Å². The molecule has 146 valence electrons. The minimum absolute atomic E-state index is 0.0996. The van der Waals surface area contributed by atoms with Gasteiger partial charge in [-0.1, -0.05) is 50.2 Å². The minimum atomic E-state index is -0.0996. The van der Waals surface area contributed by atoms with E-state index in [-0.39, 0.29) is 11.2 Å². The molecule has 1 aliphatic heterocycles. The summed E-state index contributed by atoms with van der Waals surface area (Å²) in [5.41, 5.74) is 0. The van der Waals surface area contributed by atoms with Crippen molar-refractivity contribution in [1.29, 1.82) is 0 Å². The SMILES string of the molecule is CC(C)CCn1c(COc2ccccc2)nnc1SC1CCCCNC1=O. The van der Waals surface area contributed by atoms with Gasteiger partial charge in [-0.2, -0.15) is 0 Å². The lowest BCUT2D eigenvalue weighted by atomic mass is 10.1. The Labute approximate surface area is 165 Å². The Kier molecular flexibility index (Phi) is 7.15. The second-order valence-electron chi connectivity index (χ2n) is 7.23. The molecule has 1 aromatic carbocycles. The first-order valence-corrected chi connectivity index (χ1v) is 10.6. The van der Waals surface area contributed by atoms with Crippen molar-refractivity contribution in [3.8, 4) is 5.75 Å². The molecule has 6 nitrogen and oxygen atoms in total. The highest BCUT2D eigenvalue weighted by Crippen LogP contribution is 2.28. The standard InChI is InChI=1S/C20H28N4O2S/c1-15(2)11-13-24-18(14-26-16-8-4-3-5-9-16)22-23-20(24)27-17-10-6-7-12-21-19(17)25/h3-5,8-9,15,17H,6-7,10-14H2,1-2H3,(H,21,25). The first kappa shape index (κ1) is 19.7. The number of thioether (sulfide) groups is 1. The van der Waals surface area contributed by atoms with Crippen LogP contribution in [0.3, 0.4) is 0 Å². The van der Waals surface area contributed by atoms with E-state index in [0.717, 1.165) is 55.5 Å². The van der Waals surface area contributed by atoms with Gasteiger partial charge >= 0.3 is 0 Å². The summed E-state index contributed by atoms with van der Waals surface area (Å²) in [6.07, 6.45) is 4.00. The third-order valence-electron chi connectivity index (χ3n) is 4.57. The molecule has 1 fully saturated rings. The molecule has 7 heteroatoms. The van der Waals surface area contributed by atoms with Gasteiger partial charge in [0.05, 0.1) is 5.25 Å². The average Bonchev–Trinajstić information content (AvgIpc) is 2.93. The maximum atomic E-state index is 12.3. The molecule has 1 unspecified atom stereocenters. The molecule has 3 rings (SSSR count). The Bertz CT molecular complexity index is 733. The van der Waals surface area contributed by atoms with Crippen LogP contribution in [0.15, 0.2) is 35.5 Å². The van der Waals surface area contributed by atoms with Crippen LogP contribution in [0.4, 0.5) is 0 Å². The zero-order chi connectivity index (χ0) is 19.1. The van der Waals surface area contributed by atoms with Gasteiger partial charge < -0.3 is 14.6 Å². The highest BCUT2D eigenvalue weighted by Gasteiger charge is 2.25. The van der Waals surface area contributed by atoms with Crippen molar-refractivity contribution in [2.24, 2.45) is 5.92 Å². The van der Waals surface area contributed by atoms with E-state index in [1.807, 2.05) is 30.3 Å². The lowest BCUT2D eigenvalue weighted by Gasteiger charge is -2.15. The van der Waals surface area contributed by atoms with E-state index in [1.165, 1.54) is 11.8 Å². The van der Waals surface area contributed by atoms with Crippen LogP contribution in [0.5, 0.6) is 5.75 Å². The van der Waals surface area contributed by atoms with Crippen molar-refractivity contribution in [1.82, 2.24) is 20.1 Å². The molecule has 27 heavy (non-hydrogen) atoms. The van der Waals surface area contributed by atoms with Crippen LogP contribution in [-0.2, 0) is 17.9 Å². The molecule has 2 heterocycles. The smallest absolute Gasteiger partial charge is 0.233 e. The van der Waals surface area contributed by atoms with Crippen molar-refractivity contribution < 1.29 is 9.53 Å². The maximum absolute atomic E-state index is 12.3. The summed E-state index contributed by atoms with van der Waals surface area (Å²) in [7, 11) is 0. The number of carbonyl (C=O) groups is 1. The van der Waals surface area contributed by atoms with Crippen LogP contribution >= 0.6 is 11.8 Å². The molecule has 0 radical (unpaired) electrons. The van der Waals surface area contributed by atoms with Crippen molar-refractivity contribution in [2.75, 3.05) is 6.54 Å². The van der Waals surface area contributed by atoms with Crippen LogP contribution in [-0.4, -0.2) is 32.5 Å². The summed E-state index contributed by atoms with van der Waals surface area (Å²) >= 11 is 1.53. The van der Waals surface area contributed by atoms with Gasteiger partial charge in [0.1, 0.15) is 12.4 Å². The molecule has 1 atom stereocenters. The summed E-state index contributed by atoms with van der Waals surface area (Å²) in [5, 5.41) is 12.4. The zero-order valence-corrected chi connectivity index (χ0v) is 16.9. The predicted octanol–water partition coefficient (Wildman–Crippen LogP) is 3.66. The molecule has 0 aliphatic carbocycles. The summed E-state index contributed by atoms with van der Waals surface area (Å²) < 4.78 is 7.99. The maximum Gasteiger partial charge on any atom is 0.233 e. The number of benzene rings is 1. The number of carbonyl (C=O) groups excluding carboxylic acids is 1. The molecule has 0 bridgehead atoms. The lowest BCUT2D eigenvalue weighted by Crippen LogP contribution is -2.30. The number of rotatable bonds is 8. The van der Waals surface area contributed by atoms with E-state index in [4.69, 9.17) is 4.74 Å². The Morgan fingerprint density at radius 1 is 1.26 bits per heavy atom. The highest BCUT2D eigenvalue weighted by atomic mass is 32.2. The predicted molar refractivity (Wildman–Crippen MR) is 107 cm³/mol. The summed E-state index contributed by atoms with van der Waals surface area (Å²) in [6, 6.07) is 9.72. The second kappa shape index (κ2) is 9.78. The van der Waals surface area contributed by atoms with E-state index in [2.05, 4.69) is 33.9 Å². The Morgan fingerprint density at radius 2 is 2.07 bits per heavy atom. The number of ether oxygens (including phenoxy) is 1. The largest absolute Gasteiger partial charge is 0.486 e. The Hall–Kier alpha value is -2.02. The van der Waals surface area contributed by atoms with Gasteiger partial charge in [-0.3, -0.25) is 4.79 Å². The molecule has 2 aromatic rings. The van der Waals surface area contributed by atoms with Crippen LogP contribution in [0.25, 0.3) is 0 Å². The molecular weight excluding hydrogens is 360 g/mol. The number of nitrogens with zero attached hydrogens (tertiary/aromatic N) is 3. The van der Waals surface area contributed by atoms with E-state index in [1.54, 1.807) is 0 Å². The van der Waals surface area contributed by atoms with Gasteiger partial charge in [0.2, 0.25) is 5.91 Å². The van der Waals surface area contributed by atoms with Gasteiger partial charge in [0, 0.05) is 13.1 Å². The molecule has 1 saturated heterocycles. The van der Waals surface area contributed by atoms with E-state index in [9.17, 15) is 4.79 Å². The van der Waals surface area contributed by atoms with E-state index in [0.29, 0.717) is 12.5 Å². The molecular formula is C20H28N4O2S. The van der Waals surface area contributed by atoms with Crippen LogP contribution in [0.2, 0.25) is 0 Å². The van der Waals surface area contributed by atoms with Gasteiger partial charge in [0.15, 0.2) is 11.0 Å². The Morgan fingerprint density at radius 3 is 2.85 bits per heavy atom. The fraction of sp³-hybridized carbons (Fsp3) is 0.550. The number of nitrogens with one attached hydrogen (secondary N) is 1. The molecule has 1 N–H and O–H groups in total. The monoisotopic (exact) mass is 388 g/mol. The molecule has 1 aromatic heterocycles. The second-order valence-corrected chi connectivity index (χ2v) is 8.40. The number of hydrogen-bond donors (Lipinski definition) is 1. The van der Waals surface area contributed by atoms with Crippen LogP contribution < -0.4 is 10.1 Å². The first-order valence-electron chi connectivity index (χ1n) is 9.68. The first-order chi connectivity index (χ1) is 13.1. The number of aromatic nitrogens is 3. The zero-order valence-electron chi connectivity index (χ0n) is 16.1. The van der Waals surface area contributed by atoms with E-state index >= 15 is 0 Å². The molecule has 1 aliphatic rings. The quantitative estimate of drug-likeness (QED) is 0.747. The van der Waals surface area contributed by atoms with Gasteiger partial charge in [-0.15, -0.1) is 10.2 Å². The average molecular weight is 389 g/mol. The number of amides is 1. The fourth-order valence-electron chi connectivity index (χ4n) is 2.94. The molecule has 0 saturated carbocycles. The lowest BCUT2D eigenvalue weighted by molar-refractivity contribution is -0.120. The molecule has 0 spiro atoms. The third kappa shape index (κ3) is 5.73. The van der Waals surface area contributed by atoms with E-state index < -0.39 is 0 Å². The summed E-state index contributed by atoms with van der Waals surface area (Å²) in [6.45, 7) is 6.37. The number of hydrogen-bond acceptors (Lipinski definition) is 5. The highest BCUT2D eigenvalue weighted by molar-refractivity contribution is 8.00. The van der Waals surface area contributed by atoms with Gasteiger partial charge in [-0.05, 0) is 37.3 Å². The van der Waals surface area contributed by atoms with Gasteiger partial charge in [0.25, 0.3) is 0 Å². The van der Waals surface area contributed by atoms with Crippen molar-refractivity contribution in [2.45, 2.75) is 63.1 Å². The Balaban J connectivity index is 1.73. The minimum Gasteiger partial charge on any atom is -0.486 e. The van der Waals surface area contributed by atoms with Crippen molar-refractivity contribution in [3.05, 3.63) is 36.2 Å². The number of para-hydroxylation sites is 1. The van der Waals surface area contributed by atoms with Crippen molar-refractivity contribution >= 4 is 17.7 Å². The van der Waals surface area contributed by atoms with Crippen LogP contribution in [0.1, 0.15) is 45.4 Å². The fourth-order valence-corrected chi connectivity index (χ4v) is 4.08. The third-order valence-corrected chi connectivity index (χ3v) is 5.81. The summed E-state index contributed by atoms with van der Waals surface area (Å²) in [4.78, 5) is 12.3. The van der Waals surface area contributed by atoms with Crippen molar-refractivity contribution in [3.63, 3.8) is 0 Å².